The van der Waals surface area contributed by atoms with E-state index in [1.807, 2.05) is 31.2 Å². The van der Waals surface area contributed by atoms with E-state index < -0.39 is 9.93 Å². The van der Waals surface area contributed by atoms with E-state index >= 15 is 0 Å². The molecule has 0 spiro atoms. The minimum absolute atomic E-state index is 0.128. The molecule has 1 aliphatic heterocycles. The number of benzene rings is 2. The van der Waals surface area contributed by atoms with E-state index in [0.29, 0.717) is 0 Å². The van der Waals surface area contributed by atoms with Crippen molar-refractivity contribution in [3.8, 4) is 5.75 Å². The summed E-state index contributed by atoms with van der Waals surface area (Å²) in [6.45, 7) is 4.14. The van der Waals surface area contributed by atoms with Crippen LogP contribution in [0.3, 0.4) is 0 Å². The van der Waals surface area contributed by atoms with Crippen molar-refractivity contribution in [2.24, 2.45) is 5.41 Å². The third kappa shape index (κ3) is 1.39. The highest BCUT2D eigenvalue weighted by Gasteiger charge is 2.88. The molecule has 1 fully saturated rings. The fraction of sp³-hybridized carbons (Fsp3) is 0.333. The third-order valence-corrected chi connectivity index (χ3v) is 6.94. The first-order valence-electron chi connectivity index (χ1n) is 7.14. The zero-order valence-corrected chi connectivity index (χ0v) is 13.4. The molecule has 1 heterocycles. The Labute approximate surface area is 134 Å². The van der Waals surface area contributed by atoms with Gasteiger partial charge in [0.2, 0.25) is 0 Å². The van der Waals surface area contributed by atoms with Gasteiger partial charge in [0.05, 0.1) is 5.41 Å². The second-order valence-electron chi connectivity index (χ2n) is 6.29. The summed E-state index contributed by atoms with van der Waals surface area (Å²) >= 11 is 13.3. The first kappa shape index (κ1) is 13.5. The molecule has 0 aromatic heterocycles. The molecule has 3 heteroatoms. The van der Waals surface area contributed by atoms with Gasteiger partial charge >= 0.3 is 0 Å². The normalized spacial score (nSPS) is 35.3. The van der Waals surface area contributed by atoms with Crippen LogP contribution in [-0.2, 0) is 0 Å². The van der Waals surface area contributed by atoms with E-state index in [9.17, 15) is 0 Å². The zero-order valence-electron chi connectivity index (χ0n) is 11.9. The predicted octanol–water partition coefficient (Wildman–Crippen LogP) is 5.16. The van der Waals surface area contributed by atoms with Gasteiger partial charge < -0.3 is 4.74 Å². The van der Waals surface area contributed by atoms with Crippen LogP contribution in [-0.4, -0.2) is 9.93 Å². The minimum atomic E-state index is -0.903. The van der Waals surface area contributed by atoms with Gasteiger partial charge in [-0.1, -0.05) is 78.7 Å². The van der Waals surface area contributed by atoms with Gasteiger partial charge in [0, 0.05) is 11.5 Å². The van der Waals surface area contributed by atoms with Gasteiger partial charge in [0.25, 0.3) is 0 Å². The van der Waals surface area contributed by atoms with Crippen molar-refractivity contribution in [3.63, 3.8) is 0 Å². The van der Waals surface area contributed by atoms with Crippen molar-refractivity contribution in [3.05, 3.63) is 65.7 Å². The molecule has 0 saturated heterocycles. The number of hydrogen-bond donors (Lipinski definition) is 0. The average molecular weight is 319 g/mol. The average Bonchev–Trinajstić information content (AvgIpc) is 2.83. The molecule has 3 atom stereocenters. The Morgan fingerprint density at radius 1 is 0.905 bits per heavy atom. The van der Waals surface area contributed by atoms with Crippen LogP contribution in [0.4, 0.5) is 0 Å². The second kappa shape index (κ2) is 3.97. The van der Waals surface area contributed by atoms with Crippen molar-refractivity contribution in [1.29, 1.82) is 0 Å². The minimum Gasteiger partial charge on any atom is -0.483 e. The van der Waals surface area contributed by atoms with Crippen LogP contribution in [0, 0.1) is 5.41 Å². The van der Waals surface area contributed by atoms with E-state index in [1.54, 1.807) is 0 Å². The van der Waals surface area contributed by atoms with Crippen LogP contribution in [0.2, 0.25) is 0 Å². The summed E-state index contributed by atoms with van der Waals surface area (Å²) in [4.78, 5) is 0. The third-order valence-electron chi connectivity index (χ3n) is 5.43. The van der Waals surface area contributed by atoms with E-state index in [4.69, 9.17) is 27.9 Å². The molecular formula is C18H16Cl2O. The van der Waals surface area contributed by atoms with Crippen molar-refractivity contribution in [1.82, 2.24) is 0 Å². The number of hydrogen-bond acceptors (Lipinski definition) is 1. The first-order valence-corrected chi connectivity index (χ1v) is 7.90. The molecule has 2 aromatic rings. The molecule has 4 rings (SSSR count). The van der Waals surface area contributed by atoms with E-state index in [2.05, 4.69) is 37.3 Å². The Hall–Kier alpha value is -1.18. The highest BCUT2D eigenvalue weighted by molar-refractivity contribution is 6.53. The number of fused-ring (bicyclic) bond motifs is 2. The monoisotopic (exact) mass is 318 g/mol. The summed E-state index contributed by atoms with van der Waals surface area (Å²) in [7, 11) is 0. The summed E-state index contributed by atoms with van der Waals surface area (Å²) < 4.78 is 5.30. The number of para-hydroxylation sites is 1. The summed E-state index contributed by atoms with van der Waals surface area (Å²) in [6, 6.07) is 18.6. The lowest BCUT2D eigenvalue weighted by Gasteiger charge is -2.35. The second-order valence-corrected chi connectivity index (χ2v) is 7.62. The molecule has 1 nitrogen and oxygen atoms in total. The predicted molar refractivity (Wildman–Crippen MR) is 86.3 cm³/mol. The molecule has 108 valence electrons. The number of rotatable bonds is 1. The van der Waals surface area contributed by atoms with Crippen molar-refractivity contribution in [2.75, 3.05) is 0 Å². The Balaban J connectivity index is 1.98. The van der Waals surface area contributed by atoms with Crippen LogP contribution in [0.5, 0.6) is 5.75 Å². The van der Waals surface area contributed by atoms with Gasteiger partial charge in [-0.25, -0.2) is 0 Å². The lowest BCUT2D eigenvalue weighted by Crippen LogP contribution is -2.32. The fourth-order valence-electron chi connectivity index (χ4n) is 3.92. The van der Waals surface area contributed by atoms with Gasteiger partial charge in [-0.05, 0) is 18.6 Å². The molecule has 2 aliphatic rings. The lowest BCUT2D eigenvalue weighted by atomic mass is 9.75. The molecule has 0 amide bonds. The first-order chi connectivity index (χ1) is 9.93. The van der Waals surface area contributed by atoms with Gasteiger partial charge in [0.1, 0.15) is 11.4 Å². The molecule has 2 aromatic carbocycles. The molecule has 0 N–H and O–H groups in total. The molecule has 1 aliphatic carbocycles. The Kier molecular flexibility index (Phi) is 2.55. The maximum Gasteiger partial charge on any atom is 0.168 e. The standard InChI is InChI=1S/C18H16Cl2O/c1-16-15(12-8-4-3-5-9-12)13-10-6-7-11-14(13)21-17(16,2)18(16,19)20/h3-11,15H,1-2H3/t15-,16-,17+/m1/s1. The maximum atomic E-state index is 6.67. The lowest BCUT2D eigenvalue weighted by molar-refractivity contribution is 0.121. The summed E-state index contributed by atoms with van der Waals surface area (Å²) in [5, 5.41) is 0. The smallest absolute Gasteiger partial charge is 0.168 e. The van der Waals surface area contributed by atoms with Crippen molar-refractivity contribution >= 4 is 23.2 Å². The quantitative estimate of drug-likeness (QED) is 0.659. The van der Waals surface area contributed by atoms with Gasteiger partial charge in [-0.3, -0.25) is 0 Å². The van der Waals surface area contributed by atoms with Crippen molar-refractivity contribution < 1.29 is 4.74 Å². The van der Waals surface area contributed by atoms with E-state index in [0.717, 1.165) is 11.3 Å². The van der Waals surface area contributed by atoms with Crippen LogP contribution in [0.25, 0.3) is 0 Å². The molecule has 0 bridgehead atoms. The van der Waals surface area contributed by atoms with Crippen LogP contribution in [0.1, 0.15) is 30.9 Å². The Morgan fingerprint density at radius 2 is 1.52 bits per heavy atom. The summed E-state index contributed by atoms with van der Waals surface area (Å²) in [5.41, 5.74) is 1.47. The van der Waals surface area contributed by atoms with E-state index in [-0.39, 0.29) is 11.3 Å². The number of halogens is 2. The largest absolute Gasteiger partial charge is 0.483 e. The molecular weight excluding hydrogens is 303 g/mol. The fourth-order valence-corrected chi connectivity index (χ4v) is 4.88. The maximum absolute atomic E-state index is 6.67. The molecule has 0 radical (unpaired) electrons. The molecule has 1 saturated carbocycles. The zero-order chi connectivity index (χ0) is 14.9. The van der Waals surface area contributed by atoms with Crippen molar-refractivity contribution in [2.45, 2.75) is 29.7 Å². The van der Waals surface area contributed by atoms with Crippen LogP contribution >= 0.6 is 23.2 Å². The summed E-state index contributed by atoms with van der Waals surface area (Å²) in [6.07, 6.45) is 0. The van der Waals surface area contributed by atoms with Gasteiger partial charge in [-0.2, -0.15) is 0 Å². The topological polar surface area (TPSA) is 9.23 Å². The van der Waals surface area contributed by atoms with Gasteiger partial charge in [0.15, 0.2) is 4.33 Å². The Bertz CT molecular complexity index is 712. The number of ether oxygens (including phenoxy) is 1. The highest BCUT2D eigenvalue weighted by atomic mass is 35.5. The SMILES string of the molecule is C[C@@]12[C@H](c3ccccc3)c3ccccc3O[C@]1(C)C2(Cl)Cl. The van der Waals surface area contributed by atoms with Crippen LogP contribution in [0.15, 0.2) is 54.6 Å². The summed E-state index contributed by atoms with van der Waals surface area (Å²) in [5.74, 6) is 1.01. The molecule has 0 unspecified atom stereocenters. The highest BCUT2D eigenvalue weighted by Crippen LogP contribution is 2.81. The number of alkyl halides is 2. The van der Waals surface area contributed by atoms with Crippen LogP contribution < -0.4 is 4.74 Å². The molecule has 21 heavy (non-hydrogen) atoms. The van der Waals surface area contributed by atoms with Gasteiger partial charge in [-0.15, -0.1) is 0 Å². The Morgan fingerprint density at radius 3 is 2.24 bits per heavy atom. The van der Waals surface area contributed by atoms with E-state index in [1.165, 1.54) is 5.56 Å².